The number of methoxy groups -OCH3 is 1. The molecule has 1 aliphatic rings. The third-order valence-corrected chi connectivity index (χ3v) is 5.07. The summed E-state index contributed by atoms with van der Waals surface area (Å²) in [5, 5.41) is 3.03. The van der Waals surface area contributed by atoms with Crippen molar-refractivity contribution in [3.63, 3.8) is 0 Å². The zero-order valence-electron chi connectivity index (χ0n) is 15.9. The van der Waals surface area contributed by atoms with Crippen molar-refractivity contribution in [1.82, 2.24) is 9.88 Å². The fourth-order valence-corrected chi connectivity index (χ4v) is 3.66. The van der Waals surface area contributed by atoms with Crippen molar-refractivity contribution in [3.8, 4) is 5.75 Å². The summed E-state index contributed by atoms with van der Waals surface area (Å²) in [6.07, 6.45) is 4.52. The zero-order chi connectivity index (χ0) is 19.3. The van der Waals surface area contributed by atoms with E-state index in [-0.39, 0.29) is 5.91 Å². The summed E-state index contributed by atoms with van der Waals surface area (Å²) in [5.74, 6) is 0.381. The molecule has 1 amide bonds. The maximum absolute atomic E-state index is 12.8. The minimum absolute atomic E-state index is 0.181. The van der Waals surface area contributed by atoms with E-state index >= 15 is 0 Å². The van der Waals surface area contributed by atoms with Crippen LogP contribution in [0.2, 0.25) is 0 Å². The van der Waals surface area contributed by atoms with E-state index in [1.165, 1.54) is 16.7 Å². The number of nitrogens with one attached hydrogen (secondary N) is 1. The highest BCUT2D eigenvalue weighted by Crippen LogP contribution is 2.27. The van der Waals surface area contributed by atoms with Crippen molar-refractivity contribution in [2.75, 3.05) is 19.0 Å². The lowest BCUT2D eigenvalue weighted by Crippen LogP contribution is -2.31. The molecule has 0 fully saturated rings. The Morgan fingerprint density at radius 2 is 1.89 bits per heavy atom. The third-order valence-electron chi connectivity index (χ3n) is 5.07. The van der Waals surface area contributed by atoms with Crippen molar-refractivity contribution in [1.29, 1.82) is 0 Å². The highest BCUT2D eigenvalue weighted by molar-refractivity contribution is 6.06. The first-order chi connectivity index (χ1) is 13.7. The number of ether oxygens (including phenoxy) is 1. The summed E-state index contributed by atoms with van der Waals surface area (Å²) in [7, 11) is 1.57. The summed E-state index contributed by atoms with van der Waals surface area (Å²) in [6.45, 7) is 2.69. The fraction of sp³-hybridized carbons (Fsp3) is 0.217. The smallest absolute Gasteiger partial charge is 0.259 e. The van der Waals surface area contributed by atoms with Crippen LogP contribution in [0, 0.1) is 0 Å². The van der Waals surface area contributed by atoms with Gasteiger partial charge in [-0.05, 0) is 35.2 Å². The van der Waals surface area contributed by atoms with E-state index in [2.05, 4.69) is 39.5 Å². The van der Waals surface area contributed by atoms with Gasteiger partial charge in [0.2, 0.25) is 0 Å². The molecule has 0 unspecified atom stereocenters. The Balaban J connectivity index is 1.51. The largest absolute Gasteiger partial charge is 0.496 e. The van der Waals surface area contributed by atoms with Crippen LogP contribution < -0.4 is 10.1 Å². The second-order valence-electron chi connectivity index (χ2n) is 6.93. The lowest BCUT2D eigenvalue weighted by atomic mass is 9.99. The average Bonchev–Trinajstić information content (AvgIpc) is 2.74. The van der Waals surface area contributed by atoms with Gasteiger partial charge >= 0.3 is 0 Å². The van der Waals surface area contributed by atoms with E-state index < -0.39 is 0 Å². The Morgan fingerprint density at radius 3 is 2.71 bits per heavy atom. The first-order valence-corrected chi connectivity index (χ1v) is 9.41. The minimum atomic E-state index is -0.181. The van der Waals surface area contributed by atoms with Crippen LogP contribution in [0.15, 0.2) is 67.0 Å². The molecular formula is C23H23N3O2. The van der Waals surface area contributed by atoms with E-state index in [0.717, 1.165) is 31.7 Å². The first-order valence-electron chi connectivity index (χ1n) is 9.41. The van der Waals surface area contributed by atoms with Crippen molar-refractivity contribution in [2.24, 2.45) is 0 Å². The van der Waals surface area contributed by atoms with Crippen molar-refractivity contribution < 1.29 is 9.53 Å². The van der Waals surface area contributed by atoms with Crippen LogP contribution in [0.25, 0.3) is 0 Å². The van der Waals surface area contributed by atoms with Gasteiger partial charge in [0.05, 0.1) is 24.6 Å². The van der Waals surface area contributed by atoms with Crippen LogP contribution in [-0.2, 0) is 19.5 Å². The topological polar surface area (TPSA) is 54.5 Å². The van der Waals surface area contributed by atoms with E-state index in [0.29, 0.717) is 11.3 Å². The maximum Gasteiger partial charge on any atom is 0.259 e. The quantitative estimate of drug-likeness (QED) is 0.737. The van der Waals surface area contributed by atoms with E-state index in [1.807, 2.05) is 24.4 Å². The molecule has 28 heavy (non-hydrogen) atoms. The normalized spacial score (nSPS) is 13.6. The second-order valence-corrected chi connectivity index (χ2v) is 6.93. The molecule has 1 N–H and O–H groups in total. The average molecular weight is 373 g/mol. The van der Waals surface area contributed by atoms with Crippen LogP contribution in [-0.4, -0.2) is 29.4 Å². The van der Waals surface area contributed by atoms with Gasteiger partial charge in [-0.1, -0.05) is 42.5 Å². The molecule has 2 aromatic carbocycles. The molecule has 2 heterocycles. The fourth-order valence-electron chi connectivity index (χ4n) is 3.66. The summed E-state index contributed by atoms with van der Waals surface area (Å²) < 4.78 is 5.30. The number of hydrogen-bond donors (Lipinski definition) is 1. The number of rotatable bonds is 5. The number of nitrogens with zero attached hydrogens (tertiary/aromatic N) is 2. The molecule has 5 heteroatoms. The van der Waals surface area contributed by atoms with Gasteiger partial charge in [0.25, 0.3) is 5.91 Å². The van der Waals surface area contributed by atoms with Crippen LogP contribution in [0.3, 0.4) is 0 Å². The molecule has 1 aromatic heterocycles. The van der Waals surface area contributed by atoms with Crippen molar-refractivity contribution in [2.45, 2.75) is 19.5 Å². The second kappa shape index (κ2) is 8.23. The Labute approximate surface area is 165 Å². The Bertz CT molecular complexity index is 973. The standard InChI is InChI=1S/C23H23N3O2/c1-28-22-10-6-5-9-20(22)23(27)25-21-14-24-13-18-16-26(12-11-19(18)21)15-17-7-3-2-4-8-17/h2-10,13-14H,11-12,15-16H2,1H3,(H,25,27). The summed E-state index contributed by atoms with van der Waals surface area (Å²) >= 11 is 0. The Kier molecular flexibility index (Phi) is 5.35. The molecule has 3 aromatic rings. The molecule has 0 atom stereocenters. The lowest BCUT2D eigenvalue weighted by molar-refractivity contribution is 0.102. The Hall–Kier alpha value is -3.18. The molecule has 1 aliphatic heterocycles. The summed E-state index contributed by atoms with van der Waals surface area (Å²) in [6, 6.07) is 17.7. The number of amides is 1. The molecule has 0 radical (unpaired) electrons. The van der Waals surface area contributed by atoms with Crippen molar-refractivity contribution >= 4 is 11.6 Å². The number of fused-ring (bicyclic) bond motifs is 1. The molecule has 0 saturated carbocycles. The predicted octanol–water partition coefficient (Wildman–Crippen LogP) is 3.90. The molecule has 5 nitrogen and oxygen atoms in total. The van der Waals surface area contributed by atoms with Gasteiger partial charge in [-0.2, -0.15) is 0 Å². The number of aromatic nitrogens is 1. The van der Waals surface area contributed by atoms with E-state index in [1.54, 1.807) is 25.4 Å². The van der Waals surface area contributed by atoms with Gasteiger partial charge in [0, 0.05) is 25.8 Å². The number of para-hydroxylation sites is 1. The van der Waals surface area contributed by atoms with Crippen molar-refractivity contribution in [3.05, 3.63) is 89.2 Å². The SMILES string of the molecule is COc1ccccc1C(=O)Nc1cncc2c1CCN(Cc1ccccc1)C2. The highest BCUT2D eigenvalue weighted by Gasteiger charge is 2.21. The molecule has 0 bridgehead atoms. The van der Waals surface area contributed by atoms with E-state index in [4.69, 9.17) is 4.74 Å². The third kappa shape index (κ3) is 3.89. The zero-order valence-corrected chi connectivity index (χ0v) is 15.9. The van der Waals surface area contributed by atoms with Gasteiger partial charge in [0.15, 0.2) is 0 Å². The van der Waals surface area contributed by atoms with Gasteiger partial charge in [-0.15, -0.1) is 0 Å². The molecule has 0 spiro atoms. The lowest BCUT2D eigenvalue weighted by Gasteiger charge is -2.29. The molecular weight excluding hydrogens is 350 g/mol. The van der Waals surface area contributed by atoms with Gasteiger partial charge in [0.1, 0.15) is 5.75 Å². The van der Waals surface area contributed by atoms with E-state index in [9.17, 15) is 4.79 Å². The monoisotopic (exact) mass is 373 g/mol. The highest BCUT2D eigenvalue weighted by atomic mass is 16.5. The minimum Gasteiger partial charge on any atom is -0.496 e. The summed E-state index contributed by atoms with van der Waals surface area (Å²) in [5.41, 5.74) is 4.94. The predicted molar refractivity (Wildman–Crippen MR) is 109 cm³/mol. The maximum atomic E-state index is 12.8. The van der Waals surface area contributed by atoms with Gasteiger partial charge in [-0.25, -0.2) is 0 Å². The van der Waals surface area contributed by atoms with Crippen LogP contribution in [0.5, 0.6) is 5.75 Å². The number of carbonyl (C=O) groups is 1. The number of hydrogen-bond acceptors (Lipinski definition) is 4. The van der Waals surface area contributed by atoms with Gasteiger partial charge < -0.3 is 10.1 Å². The number of carbonyl (C=O) groups excluding carboxylic acids is 1. The number of pyridine rings is 1. The number of anilines is 1. The molecule has 0 aliphatic carbocycles. The summed E-state index contributed by atoms with van der Waals surface area (Å²) in [4.78, 5) is 19.5. The Morgan fingerprint density at radius 1 is 1.11 bits per heavy atom. The van der Waals surface area contributed by atoms with Crippen LogP contribution in [0.4, 0.5) is 5.69 Å². The van der Waals surface area contributed by atoms with Crippen LogP contribution >= 0.6 is 0 Å². The molecule has 142 valence electrons. The first kappa shape index (κ1) is 18.2. The number of benzene rings is 2. The molecule has 4 rings (SSSR count). The van der Waals surface area contributed by atoms with Crippen LogP contribution in [0.1, 0.15) is 27.0 Å². The van der Waals surface area contributed by atoms with Gasteiger partial charge in [-0.3, -0.25) is 14.7 Å². The molecule has 0 saturated heterocycles.